The van der Waals surface area contributed by atoms with Gasteiger partial charge in [-0.05, 0) is 58.0 Å². The summed E-state index contributed by atoms with van der Waals surface area (Å²) in [5, 5.41) is 20.6. The number of amides is 1. The number of anilines is 2. The molecule has 0 bridgehead atoms. The molecule has 5 N–H and O–H groups in total. The standard InChI is InChI=1S/C26H38N8O3/c1-4-5-19(10-13-35)29-24-23-21(31-26(27)32-24)15-28-34(23)16-18-7-6-17(14-22(18)37-3)25(36)30-20-8-11-33(2)12-9-20/h6-7,14-15,19-20,35H,4-5,8-13,16H2,1-3H3,(H,30,36)(H3,27,29,31,32). The van der Waals surface area contributed by atoms with Crippen molar-refractivity contribution in [2.24, 2.45) is 0 Å². The average molecular weight is 511 g/mol. The number of likely N-dealkylation sites (tertiary alicyclic amines) is 1. The SMILES string of the molecule is CCCC(CCO)Nc1nc(N)nc2cnn(Cc3ccc(C(=O)NC4CCN(C)CC4)cc3OC)c12. The second-order valence-corrected chi connectivity index (χ2v) is 9.69. The zero-order chi connectivity index (χ0) is 26.4. The molecule has 3 heterocycles. The van der Waals surface area contributed by atoms with Crippen LogP contribution in [0.25, 0.3) is 11.0 Å². The largest absolute Gasteiger partial charge is 0.496 e. The third-order valence-electron chi connectivity index (χ3n) is 6.88. The van der Waals surface area contributed by atoms with E-state index in [-0.39, 0.29) is 30.5 Å². The van der Waals surface area contributed by atoms with Crippen molar-refractivity contribution in [1.29, 1.82) is 0 Å². The Balaban J connectivity index is 1.56. The topological polar surface area (TPSA) is 143 Å². The lowest BCUT2D eigenvalue weighted by molar-refractivity contribution is 0.0916. The summed E-state index contributed by atoms with van der Waals surface area (Å²) in [6.45, 7) is 4.54. The number of carbonyl (C=O) groups is 1. The maximum Gasteiger partial charge on any atom is 0.251 e. The lowest BCUT2D eigenvalue weighted by Gasteiger charge is -2.29. The van der Waals surface area contributed by atoms with Crippen molar-refractivity contribution in [3.63, 3.8) is 0 Å². The Morgan fingerprint density at radius 2 is 2.05 bits per heavy atom. The van der Waals surface area contributed by atoms with Crippen LogP contribution in [-0.2, 0) is 6.54 Å². The highest BCUT2D eigenvalue weighted by atomic mass is 16.5. The van der Waals surface area contributed by atoms with Crippen molar-refractivity contribution in [1.82, 2.24) is 30.0 Å². The Hall–Kier alpha value is -3.44. The minimum Gasteiger partial charge on any atom is -0.496 e. The first-order valence-corrected chi connectivity index (χ1v) is 12.9. The number of aliphatic hydroxyl groups excluding tert-OH is 1. The molecule has 1 aliphatic rings. The predicted molar refractivity (Wildman–Crippen MR) is 144 cm³/mol. The minimum atomic E-state index is -0.0925. The van der Waals surface area contributed by atoms with E-state index in [1.165, 1.54) is 0 Å². The molecule has 0 saturated carbocycles. The van der Waals surface area contributed by atoms with Gasteiger partial charge in [-0.3, -0.25) is 9.48 Å². The number of piperidine rings is 1. The summed E-state index contributed by atoms with van der Waals surface area (Å²) in [6, 6.07) is 5.72. The summed E-state index contributed by atoms with van der Waals surface area (Å²) >= 11 is 0. The fourth-order valence-corrected chi connectivity index (χ4v) is 4.82. The smallest absolute Gasteiger partial charge is 0.251 e. The van der Waals surface area contributed by atoms with E-state index in [2.05, 4.69) is 44.6 Å². The second kappa shape index (κ2) is 12.2. The Labute approximate surface area is 217 Å². The molecule has 1 unspecified atom stereocenters. The number of nitrogens with zero attached hydrogens (tertiary/aromatic N) is 5. The van der Waals surface area contributed by atoms with Crippen molar-refractivity contribution in [3.8, 4) is 5.75 Å². The van der Waals surface area contributed by atoms with E-state index in [4.69, 9.17) is 10.5 Å². The van der Waals surface area contributed by atoms with Crippen LogP contribution >= 0.6 is 0 Å². The number of nitrogen functional groups attached to an aromatic ring is 1. The molecule has 37 heavy (non-hydrogen) atoms. The van der Waals surface area contributed by atoms with E-state index in [0.717, 1.165) is 49.9 Å². The number of nitrogens with two attached hydrogens (primary N) is 1. The van der Waals surface area contributed by atoms with Crippen molar-refractivity contribution in [3.05, 3.63) is 35.5 Å². The van der Waals surface area contributed by atoms with Gasteiger partial charge >= 0.3 is 0 Å². The number of methoxy groups -OCH3 is 1. The lowest BCUT2D eigenvalue weighted by atomic mass is 10.0. The zero-order valence-electron chi connectivity index (χ0n) is 21.9. The third-order valence-corrected chi connectivity index (χ3v) is 6.88. The summed E-state index contributed by atoms with van der Waals surface area (Å²) in [5.41, 5.74) is 8.75. The van der Waals surface area contributed by atoms with Crippen LogP contribution in [0.4, 0.5) is 11.8 Å². The highest BCUT2D eigenvalue weighted by Gasteiger charge is 2.21. The quantitative estimate of drug-likeness (QED) is 0.305. The highest BCUT2D eigenvalue weighted by molar-refractivity contribution is 5.95. The van der Waals surface area contributed by atoms with E-state index in [1.54, 1.807) is 24.1 Å². The van der Waals surface area contributed by atoms with Gasteiger partial charge in [-0.15, -0.1) is 0 Å². The maximum absolute atomic E-state index is 12.9. The molecule has 1 atom stereocenters. The summed E-state index contributed by atoms with van der Waals surface area (Å²) in [6.07, 6.45) is 6.01. The minimum absolute atomic E-state index is 0.0488. The van der Waals surface area contributed by atoms with Crippen LogP contribution in [0.1, 0.15) is 54.9 Å². The van der Waals surface area contributed by atoms with Crippen LogP contribution in [0.2, 0.25) is 0 Å². The first-order valence-electron chi connectivity index (χ1n) is 12.9. The van der Waals surface area contributed by atoms with Crippen molar-refractivity contribution in [2.45, 2.75) is 57.7 Å². The van der Waals surface area contributed by atoms with E-state index < -0.39 is 0 Å². The van der Waals surface area contributed by atoms with Gasteiger partial charge in [0.2, 0.25) is 5.95 Å². The number of nitrogens with one attached hydrogen (secondary N) is 2. The van der Waals surface area contributed by atoms with Gasteiger partial charge in [0.15, 0.2) is 5.82 Å². The number of ether oxygens (including phenoxy) is 1. The number of fused-ring (bicyclic) bond motifs is 1. The first-order chi connectivity index (χ1) is 17.9. The first kappa shape index (κ1) is 26.6. The van der Waals surface area contributed by atoms with Crippen LogP contribution < -0.4 is 21.1 Å². The van der Waals surface area contributed by atoms with Gasteiger partial charge in [-0.1, -0.05) is 19.4 Å². The number of hydrogen-bond donors (Lipinski definition) is 4. The van der Waals surface area contributed by atoms with Crippen molar-refractivity contribution < 1.29 is 14.6 Å². The van der Waals surface area contributed by atoms with E-state index in [0.29, 0.717) is 35.6 Å². The van der Waals surface area contributed by atoms with Gasteiger partial charge < -0.3 is 31.1 Å². The van der Waals surface area contributed by atoms with Gasteiger partial charge in [0.05, 0.1) is 19.9 Å². The normalized spacial score (nSPS) is 15.6. The Bertz CT molecular complexity index is 1200. The molecule has 1 fully saturated rings. The summed E-state index contributed by atoms with van der Waals surface area (Å²) in [5.74, 6) is 1.26. The van der Waals surface area contributed by atoms with Crippen LogP contribution in [0.5, 0.6) is 5.75 Å². The molecular formula is C26H38N8O3. The number of benzene rings is 1. The molecule has 0 spiro atoms. The number of aromatic nitrogens is 4. The fraction of sp³-hybridized carbons (Fsp3) is 0.538. The maximum atomic E-state index is 12.9. The van der Waals surface area contributed by atoms with E-state index in [9.17, 15) is 9.90 Å². The van der Waals surface area contributed by atoms with Gasteiger partial charge in [0.1, 0.15) is 16.8 Å². The Morgan fingerprint density at radius 3 is 2.76 bits per heavy atom. The summed E-state index contributed by atoms with van der Waals surface area (Å²) < 4.78 is 7.46. The second-order valence-electron chi connectivity index (χ2n) is 9.69. The average Bonchev–Trinajstić information content (AvgIpc) is 3.28. The van der Waals surface area contributed by atoms with Gasteiger partial charge in [0, 0.05) is 29.8 Å². The molecule has 200 valence electrons. The van der Waals surface area contributed by atoms with Crippen LogP contribution in [-0.4, -0.2) is 81.6 Å². The molecular weight excluding hydrogens is 472 g/mol. The molecule has 11 nitrogen and oxygen atoms in total. The summed E-state index contributed by atoms with van der Waals surface area (Å²) in [4.78, 5) is 24.0. The van der Waals surface area contributed by atoms with Crippen LogP contribution in [0.15, 0.2) is 24.4 Å². The van der Waals surface area contributed by atoms with E-state index in [1.807, 2.05) is 12.1 Å². The van der Waals surface area contributed by atoms with E-state index >= 15 is 0 Å². The zero-order valence-corrected chi connectivity index (χ0v) is 21.9. The predicted octanol–water partition coefficient (Wildman–Crippen LogP) is 2.25. The lowest BCUT2D eigenvalue weighted by Crippen LogP contribution is -2.43. The molecule has 4 rings (SSSR count). The fourth-order valence-electron chi connectivity index (χ4n) is 4.82. The molecule has 1 aromatic carbocycles. The highest BCUT2D eigenvalue weighted by Crippen LogP contribution is 2.27. The summed E-state index contributed by atoms with van der Waals surface area (Å²) in [7, 11) is 3.70. The number of hydrogen-bond acceptors (Lipinski definition) is 9. The molecule has 1 aliphatic heterocycles. The third kappa shape index (κ3) is 6.47. The number of rotatable bonds is 11. The molecule has 1 amide bonds. The van der Waals surface area contributed by atoms with Gasteiger partial charge in [-0.25, -0.2) is 4.98 Å². The molecule has 2 aromatic heterocycles. The van der Waals surface area contributed by atoms with Crippen LogP contribution in [0, 0.1) is 0 Å². The molecule has 11 heteroatoms. The van der Waals surface area contributed by atoms with Crippen molar-refractivity contribution >= 4 is 28.7 Å². The van der Waals surface area contributed by atoms with Crippen molar-refractivity contribution in [2.75, 3.05) is 44.9 Å². The molecule has 3 aromatic rings. The Kier molecular flexibility index (Phi) is 8.78. The number of aliphatic hydroxyl groups is 1. The van der Waals surface area contributed by atoms with Crippen LogP contribution in [0.3, 0.4) is 0 Å². The Morgan fingerprint density at radius 1 is 1.27 bits per heavy atom. The van der Waals surface area contributed by atoms with Gasteiger partial charge in [0.25, 0.3) is 5.91 Å². The molecule has 0 radical (unpaired) electrons. The van der Waals surface area contributed by atoms with Gasteiger partial charge in [-0.2, -0.15) is 10.1 Å². The molecule has 0 aliphatic carbocycles. The number of carbonyl (C=O) groups excluding carboxylic acids is 1. The monoisotopic (exact) mass is 510 g/mol. The molecule has 1 saturated heterocycles.